The van der Waals surface area contributed by atoms with Gasteiger partial charge in [-0.1, -0.05) is 12.1 Å². The number of hydrogen-bond donors (Lipinski definition) is 0. The van der Waals surface area contributed by atoms with Crippen molar-refractivity contribution in [3.8, 4) is 5.97 Å². The molecule has 1 fully saturated rings. The van der Waals surface area contributed by atoms with Gasteiger partial charge in [-0.2, -0.15) is 0 Å². The van der Waals surface area contributed by atoms with Crippen LogP contribution in [0.2, 0.25) is 12.6 Å². The number of nitriles is 1. The first-order valence-corrected chi connectivity index (χ1v) is 6.54. The van der Waals surface area contributed by atoms with Crippen molar-refractivity contribution >= 4 is 12.4 Å². The minimum absolute atomic E-state index is 0.153. The van der Waals surface area contributed by atoms with E-state index in [1.54, 1.807) is 12.1 Å². The van der Waals surface area contributed by atoms with E-state index in [9.17, 15) is 10.1 Å². The molecule has 1 saturated heterocycles. The molecule has 19 heavy (non-hydrogen) atoms. The molecule has 1 aromatic rings. The zero-order valence-corrected chi connectivity index (χ0v) is 10.8. The number of non-ortho nitro benzene ring substituents is 1. The van der Waals surface area contributed by atoms with Crippen LogP contribution < -0.4 is 0 Å². The van der Waals surface area contributed by atoms with Gasteiger partial charge < -0.3 is 4.90 Å². The summed E-state index contributed by atoms with van der Waals surface area (Å²) < 4.78 is 0. The highest BCUT2D eigenvalue weighted by atomic mass is 16.6. The summed E-state index contributed by atoms with van der Waals surface area (Å²) in [6.07, 6.45) is 2.69. The minimum Gasteiger partial charge on any atom is -0.304 e. The Kier molecular flexibility index (Phi) is 4.53. The molecule has 1 aromatic carbocycles. The molecule has 0 spiro atoms. The second-order valence-electron chi connectivity index (χ2n) is 4.92. The highest BCUT2D eigenvalue weighted by Crippen LogP contribution is 2.15. The van der Waals surface area contributed by atoms with E-state index in [2.05, 4.69) is 10.9 Å². The summed E-state index contributed by atoms with van der Waals surface area (Å²) in [7, 11) is 0. The van der Waals surface area contributed by atoms with Crippen molar-refractivity contribution in [2.24, 2.45) is 0 Å². The van der Waals surface area contributed by atoms with Crippen molar-refractivity contribution in [1.29, 1.82) is 5.26 Å². The fourth-order valence-electron chi connectivity index (χ4n) is 2.40. The van der Waals surface area contributed by atoms with E-state index < -0.39 is 0 Å². The van der Waals surface area contributed by atoms with E-state index in [1.165, 1.54) is 6.07 Å². The van der Waals surface area contributed by atoms with Gasteiger partial charge >= 0.3 is 0 Å². The predicted molar refractivity (Wildman–Crippen MR) is 74.2 cm³/mol. The molecule has 0 aromatic heterocycles. The summed E-state index contributed by atoms with van der Waals surface area (Å²) in [6.45, 7) is 3.01. The van der Waals surface area contributed by atoms with Crippen molar-refractivity contribution in [2.45, 2.75) is 19.1 Å². The molecule has 2 rings (SSSR count). The van der Waals surface area contributed by atoms with Crippen LogP contribution >= 0.6 is 0 Å². The first-order chi connectivity index (χ1) is 9.19. The Bertz CT molecular complexity index is 493. The third-order valence-electron chi connectivity index (χ3n) is 3.61. The maximum Gasteiger partial charge on any atom is 0.270 e. The topological polar surface area (TPSA) is 70.2 Å². The van der Waals surface area contributed by atoms with Crippen LogP contribution in [0.15, 0.2) is 24.3 Å². The van der Waals surface area contributed by atoms with Crippen LogP contribution in [0.1, 0.15) is 5.56 Å². The van der Waals surface area contributed by atoms with Gasteiger partial charge in [-0.3, -0.25) is 10.1 Å². The molecule has 98 valence electrons. The molecule has 0 atom stereocenters. The Morgan fingerprint density at radius 3 is 2.79 bits per heavy atom. The van der Waals surface area contributed by atoms with E-state index in [-0.39, 0.29) is 17.3 Å². The highest BCUT2D eigenvalue weighted by molar-refractivity contribution is 6.67. The lowest BCUT2D eigenvalue weighted by molar-refractivity contribution is -0.384. The Hall–Kier alpha value is -1.87. The van der Waals surface area contributed by atoms with Crippen LogP contribution in [0.25, 0.3) is 0 Å². The predicted octanol–water partition coefficient (Wildman–Crippen LogP) is 2.01. The van der Waals surface area contributed by atoms with Crippen molar-refractivity contribution in [1.82, 2.24) is 4.90 Å². The second kappa shape index (κ2) is 6.35. The SMILES string of the molecule is N#CB1CCN(CCc2cccc([N+](=O)[O-])c2)CC1. The lowest BCUT2D eigenvalue weighted by atomic mass is 9.45. The highest BCUT2D eigenvalue weighted by Gasteiger charge is 2.21. The number of hydrogen-bond acceptors (Lipinski definition) is 4. The summed E-state index contributed by atoms with van der Waals surface area (Å²) in [6, 6.07) is 6.81. The molecule has 1 aliphatic rings. The average Bonchev–Trinajstić information content (AvgIpc) is 2.46. The molecular formula is C13H16BN3O2. The van der Waals surface area contributed by atoms with E-state index in [4.69, 9.17) is 5.26 Å². The molecule has 0 amide bonds. The monoisotopic (exact) mass is 257 g/mol. The molecule has 0 N–H and O–H groups in total. The fourth-order valence-corrected chi connectivity index (χ4v) is 2.40. The smallest absolute Gasteiger partial charge is 0.270 e. The normalized spacial score (nSPS) is 16.1. The summed E-state index contributed by atoms with van der Waals surface area (Å²) in [4.78, 5) is 12.7. The molecule has 6 heteroatoms. The molecular weight excluding hydrogens is 241 g/mol. The summed E-state index contributed by atoms with van der Waals surface area (Å²) in [5.74, 6) is 2.32. The first-order valence-electron chi connectivity index (χ1n) is 6.54. The quantitative estimate of drug-likeness (QED) is 0.470. The van der Waals surface area contributed by atoms with Crippen LogP contribution in [0.5, 0.6) is 0 Å². The Labute approximate surface area is 113 Å². The van der Waals surface area contributed by atoms with Crippen LogP contribution in [0.3, 0.4) is 0 Å². The van der Waals surface area contributed by atoms with Gasteiger partial charge in [0.1, 0.15) is 0 Å². The van der Waals surface area contributed by atoms with E-state index in [0.717, 1.165) is 44.3 Å². The van der Waals surface area contributed by atoms with E-state index >= 15 is 0 Å². The fraction of sp³-hybridized carbons (Fsp3) is 0.462. The minimum atomic E-state index is -0.359. The van der Waals surface area contributed by atoms with Gasteiger partial charge in [-0.05, 0) is 37.7 Å². The van der Waals surface area contributed by atoms with Gasteiger partial charge in [0, 0.05) is 24.6 Å². The van der Waals surface area contributed by atoms with Gasteiger partial charge in [0.05, 0.1) is 4.92 Å². The average molecular weight is 257 g/mol. The summed E-state index contributed by atoms with van der Waals surface area (Å²) >= 11 is 0. The molecule has 0 aliphatic carbocycles. The van der Waals surface area contributed by atoms with Gasteiger partial charge in [0.25, 0.3) is 12.4 Å². The molecule has 1 aliphatic heterocycles. The Balaban J connectivity index is 1.84. The van der Waals surface area contributed by atoms with Crippen molar-refractivity contribution in [2.75, 3.05) is 19.6 Å². The molecule has 0 unspecified atom stereocenters. The Morgan fingerprint density at radius 1 is 1.42 bits per heavy atom. The van der Waals surface area contributed by atoms with Gasteiger partial charge in [0.2, 0.25) is 0 Å². The third-order valence-corrected chi connectivity index (χ3v) is 3.61. The van der Waals surface area contributed by atoms with E-state index in [1.807, 2.05) is 6.07 Å². The summed E-state index contributed by atoms with van der Waals surface area (Å²) in [5.41, 5.74) is 1.15. The first kappa shape index (κ1) is 13.6. The second-order valence-corrected chi connectivity index (χ2v) is 4.92. The van der Waals surface area contributed by atoms with Crippen molar-refractivity contribution in [3.63, 3.8) is 0 Å². The molecule has 0 bridgehead atoms. The van der Waals surface area contributed by atoms with Crippen LogP contribution in [-0.2, 0) is 6.42 Å². The molecule has 5 nitrogen and oxygen atoms in total. The summed E-state index contributed by atoms with van der Waals surface area (Å²) in [5, 5.41) is 19.5. The number of benzene rings is 1. The maximum atomic E-state index is 10.7. The lowest BCUT2D eigenvalue weighted by Gasteiger charge is -2.27. The molecule has 0 radical (unpaired) electrons. The van der Waals surface area contributed by atoms with Crippen molar-refractivity contribution < 1.29 is 4.92 Å². The van der Waals surface area contributed by atoms with Crippen LogP contribution in [0, 0.1) is 21.3 Å². The number of nitro groups is 1. The Morgan fingerprint density at radius 2 is 2.16 bits per heavy atom. The zero-order valence-electron chi connectivity index (χ0n) is 10.8. The van der Waals surface area contributed by atoms with Crippen molar-refractivity contribution in [3.05, 3.63) is 39.9 Å². The number of nitro benzene ring substituents is 1. The third kappa shape index (κ3) is 3.80. The molecule has 1 heterocycles. The standard InChI is InChI=1S/C13H16BN3O2/c15-11-14-5-8-16(9-6-14)7-4-12-2-1-3-13(10-12)17(18)19/h1-3,10H,4-9H2. The number of rotatable bonds is 4. The van der Waals surface area contributed by atoms with Crippen LogP contribution in [-0.4, -0.2) is 36.2 Å². The van der Waals surface area contributed by atoms with E-state index in [0.29, 0.717) is 0 Å². The van der Waals surface area contributed by atoms with Gasteiger partial charge in [-0.25, -0.2) is 5.26 Å². The number of nitrogens with zero attached hydrogens (tertiary/aromatic N) is 3. The molecule has 0 saturated carbocycles. The van der Waals surface area contributed by atoms with Gasteiger partial charge in [0.15, 0.2) is 0 Å². The lowest BCUT2D eigenvalue weighted by Crippen LogP contribution is -2.37. The van der Waals surface area contributed by atoms with Crippen LogP contribution in [0.4, 0.5) is 5.69 Å². The van der Waals surface area contributed by atoms with Gasteiger partial charge in [-0.15, -0.1) is 0 Å². The zero-order chi connectivity index (χ0) is 13.7. The largest absolute Gasteiger partial charge is 0.304 e. The maximum absolute atomic E-state index is 10.7.